The molecule has 1 aromatic carbocycles. The largest absolute Gasteiger partial charge is 0.366 e. The third-order valence-electron chi connectivity index (χ3n) is 3.77. The van der Waals surface area contributed by atoms with E-state index in [1.165, 1.54) is 10.9 Å². The van der Waals surface area contributed by atoms with E-state index in [2.05, 4.69) is 39.5 Å². The van der Waals surface area contributed by atoms with Gasteiger partial charge in [0.15, 0.2) is 0 Å². The summed E-state index contributed by atoms with van der Waals surface area (Å²) in [6, 6.07) is 8.37. The summed E-state index contributed by atoms with van der Waals surface area (Å²) >= 11 is 0. The highest BCUT2D eigenvalue weighted by atomic mass is 16.5. The fourth-order valence-corrected chi connectivity index (χ4v) is 2.70. The number of H-pyrrole nitrogens is 1. The summed E-state index contributed by atoms with van der Waals surface area (Å²) in [4.78, 5) is 17.2. The second kappa shape index (κ2) is 5.64. The first-order valence-corrected chi connectivity index (χ1v) is 6.88. The predicted molar refractivity (Wildman–Crippen MR) is 77.4 cm³/mol. The van der Waals surface area contributed by atoms with Gasteiger partial charge in [-0.1, -0.05) is 12.1 Å². The van der Waals surface area contributed by atoms with Crippen molar-refractivity contribution in [1.29, 1.82) is 0 Å². The molecule has 1 amide bonds. The van der Waals surface area contributed by atoms with Crippen molar-refractivity contribution in [3.05, 3.63) is 36.0 Å². The van der Waals surface area contributed by atoms with Crippen LogP contribution in [-0.2, 0) is 16.1 Å². The second-order valence-electron chi connectivity index (χ2n) is 5.06. The first-order valence-electron chi connectivity index (χ1n) is 6.88. The molecular weight excluding hydrogens is 254 g/mol. The van der Waals surface area contributed by atoms with Crippen molar-refractivity contribution in [3.63, 3.8) is 0 Å². The first-order chi connectivity index (χ1) is 9.78. The monoisotopic (exact) mass is 273 g/mol. The number of benzene rings is 1. The zero-order valence-corrected chi connectivity index (χ0v) is 11.6. The van der Waals surface area contributed by atoms with Crippen LogP contribution in [0.25, 0.3) is 10.9 Å². The van der Waals surface area contributed by atoms with Gasteiger partial charge in [-0.15, -0.1) is 0 Å². The molecule has 1 aliphatic rings. The molecule has 1 saturated heterocycles. The van der Waals surface area contributed by atoms with E-state index >= 15 is 0 Å². The van der Waals surface area contributed by atoms with Gasteiger partial charge >= 0.3 is 0 Å². The van der Waals surface area contributed by atoms with Crippen LogP contribution in [-0.4, -0.2) is 48.6 Å². The summed E-state index contributed by atoms with van der Waals surface area (Å²) in [6.45, 7) is 2.93. The van der Waals surface area contributed by atoms with Crippen LogP contribution in [0, 0.1) is 0 Å². The van der Waals surface area contributed by atoms with Gasteiger partial charge in [0.25, 0.3) is 0 Å². The van der Waals surface area contributed by atoms with E-state index in [1.807, 2.05) is 6.20 Å². The standard InChI is InChI=1S/C15H19N3O2/c1-16-15(19)14-10-18(7-8-20-14)9-11-3-2-4-13-12(11)5-6-17-13/h2-6,14,17H,7-10H2,1H3,(H,16,19). The Morgan fingerprint density at radius 3 is 3.25 bits per heavy atom. The molecule has 1 atom stereocenters. The van der Waals surface area contributed by atoms with Crippen LogP contribution in [0.4, 0.5) is 0 Å². The number of carbonyl (C=O) groups excluding carboxylic acids is 1. The van der Waals surface area contributed by atoms with E-state index in [0.29, 0.717) is 13.2 Å². The van der Waals surface area contributed by atoms with Gasteiger partial charge in [0.2, 0.25) is 5.91 Å². The molecule has 0 aliphatic carbocycles. The van der Waals surface area contributed by atoms with Crippen LogP contribution in [0.3, 0.4) is 0 Å². The highest BCUT2D eigenvalue weighted by Crippen LogP contribution is 2.20. The number of amides is 1. The van der Waals surface area contributed by atoms with Gasteiger partial charge in [0, 0.05) is 43.8 Å². The Bertz CT molecular complexity index is 608. The number of aromatic amines is 1. The molecule has 2 N–H and O–H groups in total. The summed E-state index contributed by atoms with van der Waals surface area (Å²) < 4.78 is 5.51. The minimum Gasteiger partial charge on any atom is -0.366 e. The molecule has 2 aromatic rings. The molecule has 5 nitrogen and oxygen atoms in total. The Hall–Kier alpha value is -1.85. The molecule has 20 heavy (non-hydrogen) atoms. The summed E-state index contributed by atoms with van der Waals surface area (Å²) in [5, 5.41) is 3.89. The van der Waals surface area contributed by atoms with Gasteiger partial charge < -0.3 is 15.0 Å². The van der Waals surface area contributed by atoms with Gasteiger partial charge in [0.1, 0.15) is 6.10 Å². The molecule has 0 spiro atoms. The number of hydrogen-bond acceptors (Lipinski definition) is 3. The van der Waals surface area contributed by atoms with Crippen molar-refractivity contribution in [1.82, 2.24) is 15.2 Å². The third kappa shape index (κ3) is 2.55. The predicted octanol–water partition coefficient (Wildman–Crippen LogP) is 1.11. The topological polar surface area (TPSA) is 57.4 Å². The molecule has 1 fully saturated rings. The Balaban J connectivity index is 1.74. The molecule has 0 saturated carbocycles. The Labute approximate surface area is 117 Å². The van der Waals surface area contributed by atoms with Crippen molar-refractivity contribution in [3.8, 4) is 0 Å². The van der Waals surface area contributed by atoms with Gasteiger partial charge in [0.05, 0.1) is 6.61 Å². The minimum atomic E-state index is -0.362. The quantitative estimate of drug-likeness (QED) is 0.881. The number of ether oxygens (including phenoxy) is 1. The highest BCUT2D eigenvalue weighted by molar-refractivity contribution is 5.83. The molecule has 2 heterocycles. The lowest BCUT2D eigenvalue weighted by molar-refractivity contribution is -0.138. The number of aromatic nitrogens is 1. The summed E-state index contributed by atoms with van der Waals surface area (Å²) in [6.07, 6.45) is 1.60. The van der Waals surface area contributed by atoms with E-state index in [9.17, 15) is 4.79 Å². The average Bonchev–Trinajstić information content (AvgIpc) is 2.96. The molecule has 106 valence electrons. The van der Waals surface area contributed by atoms with Gasteiger partial charge in [-0.2, -0.15) is 0 Å². The molecule has 5 heteroatoms. The lowest BCUT2D eigenvalue weighted by Gasteiger charge is -2.32. The summed E-state index contributed by atoms with van der Waals surface area (Å²) in [5.74, 6) is -0.0467. The average molecular weight is 273 g/mol. The number of rotatable bonds is 3. The zero-order chi connectivity index (χ0) is 13.9. The van der Waals surface area contributed by atoms with E-state index in [1.54, 1.807) is 7.05 Å². The van der Waals surface area contributed by atoms with Gasteiger partial charge in [-0.05, 0) is 17.7 Å². The van der Waals surface area contributed by atoms with Crippen molar-refractivity contribution in [2.24, 2.45) is 0 Å². The van der Waals surface area contributed by atoms with Crippen LogP contribution in [0.2, 0.25) is 0 Å². The number of morpholine rings is 1. The first kappa shape index (κ1) is 13.1. The number of hydrogen-bond donors (Lipinski definition) is 2. The Kier molecular flexibility index (Phi) is 3.71. The molecule has 1 aliphatic heterocycles. The number of fused-ring (bicyclic) bond motifs is 1. The molecule has 1 unspecified atom stereocenters. The van der Waals surface area contributed by atoms with Crippen LogP contribution >= 0.6 is 0 Å². The number of nitrogens with one attached hydrogen (secondary N) is 2. The normalized spacial score (nSPS) is 20.1. The summed E-state index contributed by atoms with van der Waals surface area (Å²) in [7, 11) is 1.64. The van der Waals surface area contributed by atoms with E-state index in [0.717, 1.165) is 18.6 Å². The number of nitrogens with zero attached hydrogens (tertiary/aromatic N) is 1. The fourth-order valence-electron chi connectivity index (χ4n) is 2.70. The van der Waals surface area contributed by atoms with E-state index < -0.39 is 0 Å². The van der Waals surface area contributed by atoms with Crippen molar-refractivity contribution >= 4 is 16.8 Å². The molecule has 3 rings (SSSR count). The van der Waals surface area contributed by atoms with Gasteiger partial charge in [-0.3, -0.25) is 9.69 Å². The Morgan fingerprint density at radius 2 is 2.40 bits per heavy atom. The van der Waals surface area contributed by atoms with E-state index in [-0.39, 0.29) is 12.0 Å². The van der Waals surface area contributed by atoms with Crippen LogP contribution in [0.15, 0.2) is 30.5 Å². The fraction of sp³-hybridized carbons (Fsp3) is 0.400. The molecule has 1 aromatic heterocycles. The SMILES string of the molecule is CNC(=O)C1CN(Cc2cccc3[nH]ccc23)CCO1. The van der Waals surface area contributed by atoms with E-state index in [4.69, 9.17) is 4.74 Å². The second-order valence-corrected chi connectivity index (χ2v) is 5.06. The van der Waals surface area contributed by atoms with Crippen molar-refractivity contribution in [2.75, 3.05) is 26.7 Å². The van der Waals surface area contributed by atoms with Crippen molar-refractivity contribution < 1.29 is 9.53 Å². The number of likely N-dealkylation sites (N-methyl/N-ethyl adjacent to an activating group) is 1. The smallest absolute Gasteiger partial charge is 0.250 e. The zero-order valence-electron chi connectivity index (χ0n) is 11.6. The maximum Gasteiger partial charge on any atom is 0.250 e. The lowest BCUT2D eigenvalue weighted by Crippen LogP contribution is -2.48. The summed E-state index contributed by atoms with van der Waals surface area (Å²) in [5.41, 5.74) is 2.43. The molecular formula is C15H19N3O2. The van der Waals surface area contributed by atoms with Crippen LogP contribution in [0.1, 0.15) is 5.56 Å². The van der Waals surface area contributed by atoms with Crippen LogP contribution in [0.5, 0.6) is 0 Å². The number of carbonyl (C=O) groups is 1. The molecule has 0 bridgehead atoms. The third-order valence-corrected chi connectivity index (χ3v) is 3.77. The Morgan fingerprint density at radius 1 is 1.50 bits per heavy atom. The minimum absolute atomic E-state index is 0.0467. The van der Waals surface area contributed by atoms with Gasteiger partial charge in [-0.25, -0.2) is 0 Å². The lowest BCUT2D eigenvalue weighted by atomic mass is 10.1. The highest BCUT2D eigenvalue weighted by Gasteiger charge is 2.25. The van der Waals surface area contributed by atoms with Crippen molar-refractivity contribution in [2.45, 2.75) is 12.6 Å². The maximum absolute atomic E-state index is 11.7. The van der Waals surface area contributed by atoms with Crippen LogP contribution < -0.4 is 5.32 Å². The molecule has 0 radical (unpaired) electrons. The maximum atomic E-state index is 11.7.